The Balaban J connectivity index is 2.25. The number of carbonyl (C=O) groups is 1. The molecule has 2 aromatic carbocycles. The maximum absolute atomic E-state index is 13.7. The minimum absolute atomic E-state index is 0.0257. The van der Waals surface area contributed by atoms with E-state index in [2.05, 4.69) is 5.32 Å². The Kier molecular flexibility index (Phi) is 4.04. The molecule has 21 heavy (non-hydrogen) atoms. The first-order chi connectivity index (χ1) is 9.86. The van der Waals surface area contributed by atoms with Gasteiger partial charge in [0.25, 0.3) is 11.6 Å². The predicted octanol–water partition coefficient (Wildman–Crippen LogP) is 3.35. The smallest absolute Gasteiger partial charge is 0.272 e. The predicted molar refractivity (Wildman–Crippen MR) is 74.1 cm³/mol. The van der Waals surface area contributed by atoms with E-state index in [-0.39, 0.29) is 22.0 Å². The lowest BCUT2D eigenvalue weighted by atomic mass is 10.2. The normalized spacial score (nSPS) is 10.2. The van der Waals surface area contributed by atoms with Crippen molar-refractivity contribution in [3.8, 4) is 5.75 Å². The van der Waals surface area contributed by atoms with Crippen molar-refractivity contribution in [1.29, 1.82) is 0 Å². The molecule has 2 rings (SSSR count). The third-order valence-electron chi connectivity index (χ3n) is 2.56. The van der Waals surface area contributed by atoms with Gasteiger partial charge >= 0.3 is 0 Å². The Hall–Kier alpha value is -2.67. The van der Waals surface area contributed by atoms with Crippen LogP contribution in [0.4, 0.5) is 15.8 Å². The van der Waals surface area contributed by atoms with Gasteiger partial charge in [-0.3, -0.25) is 14.9 Å². The molecule has 0 atom stereocenters. The van der Waals surface area contributed by atoms with E-state index >= 15 is 0 Å². The second-order valence-corrected chi connectivity index (χ2v) is 4.51. The molecule has 0 radical (unpaired) electrons. The highest BCUT2D eigenvalue weighted by atomic mass is 35.5. The molecule has 0 saturated heterocycles. The van der Waals surface area contributed by atoms with Crippen LogP contribution in [0.15, 0.2) is 36.4 Å². The molecule has 0 saturated carbocycles. The molecule has 0 heterocycles. The Morgan fingerprint density at radius 3 is 2.57 bits per heavy atom. The molecule has 0 unspecified atom stereocenters. The van der Waals surface area contributed by atoms with Gasteiger partial charge in [0.2, 0.25) is 0 Å². The number of benzene rings is 2. The second kappa shape index (κ2) is 5.76. The minimum Gasteiger partial charge on any atom is -0.508 e. The summed E-state index contributed by atoms with van der Waals surface area (Å²) in [5.74, 6) is -1.86. The summed E-state index contributed by atoms with van der Waals surface area (Å²) in [5.41, 5.74) is -0.617. The van der Waals surface area contributed by atoms with E-state index in [1.165, 1.54) is 12.1 Å². The van der Waals surface area contributed by atoms with E-state index in [0.717, 1.165) is 18.2 Å². The molecule has 6 nitrogen and oxygen atoms in total. The SMILES string of the molecule is O=C(Nc1ccc([N+](=O)[O-])cc1F)c1cc(O)cc(Cl)c1. The lowest BCUT2D eigenvalue weighted by Crippen LogP contribution is -2.13. The van der Waals surface area contributed by atoms with Gasteiger partial charge in [0.1, 0.15) is 5.75 Å². The van der Waals surface area contributed by atoms with E-state index < -0.39 is 22.3 Å². The van der Waals surface area contributed by atoms with Crippen molar-refractivity contribution in [1.82, 2.24) is 0 Å². The molecular weight excluding hydrogens is 303 g/mol. The van der Waals surface area contributed by atoms with Crippen molar-refractivity contribution in [2.75, 3.05) is 5.32 Å². The van der Waals surface area contributed by atoms with Crippen LogP contribution in [0.25, 0.3) is 0 Å². The van der Waals surface area contributed by atoms with E-state index in [0.29, 0.717) is 6.07 Å². The summed E-state index contributed by atoms with van der Waals surface area (Å²) >= 11 is 5.70. The van der Waals surface area contributed by atoms with Crippen LogP contribution in [-0.4, -0.2) is 15.9 Å². The molecule has 0 bridgehead atoms. The highest BCUT2D eigenvalue weighted by Gasteiger charge is 2.14. The number of non-ortho nitro benzene ring substituents is 1. The van der Waals surface area contributed by atoms with Gasteiger partial charge in [-0.15, -0.1) is 0 Å². The number of nitro benzene ring substituents is 1. The maximum atomic E-state index is 13.7. The lowest BCUT2D eigenvalue weighted by Gasteiger charge is -2.07. The van der Waals surface area contributed by atoms with Gasteiger partial charge in [0, 0.05) is 16.7 Å². The summed E-state index contributed by atoms with van der Waals surface area (Å²) in [6.07, 6.45) is 0. The van der Waals surface area contributed by atoms with Gasteiger partial charge < -0.3 is 10.4 Å². The average molecular weight is 311 g/mol. The van der Waals surface area contributed by atoms with Gasteiger partial charge in [-0.05, 0) is 24.3 Å². The third kappa shape index (κ3) is 3.46. The van der Waals surface area contributed by atoms with Crippen molar-refractivity contribution in [2.24, 2.45) is 0 Å². The zero-order valence-electron chi connectivity index (χ0n) is 10.3. The van der Waals surface area contributed by atoms with Gasteiger partial charge in [-0.25, -0.2) is 4.39 Å². The average Bonchev–Trinajstić information content (AvgIpc) is 2.39. The molecule has 0 spiro atoms. The van der Waals surface area contributed by atoms with Crippen LogP contribution >= 0.6 is 11.6 Å². The summed E-state index contributed by atoms with van der Waals surface area (Å²) in [4.78, 5) is 21.7. The first kappa shape index (κ1) is 14.7. The third-order valence-corrected chi connectivity index (χ3v) is 2.77. The van der Waals surface area contributed by atoms with E-state index in [1.807, 2.05) is 0 Å². The number of nitro groups is 1. The molecule has 0 fully saturated rings. The molecule has 2 aromatic rings. The first-order valence-corrected chi connectivity index (χ1v) is 5.99. The fourth-order valence-electron chi connectivity index (χ4n) is 1.62. The summed E-state index contributed by atoms with van der Waals surface area (Å²) in [7, 11) is 0. The Morgan fingerprint density at radius 2 is 2.00 bits per heavy atom. The van der Waals surface area contributed by atoms with Crippen LogP contribution in [0.2, 0.25) is 5.02 Å². The number of anilines is 1. The fourth-order valence-corrected chi connectivity index (χ4v) is 1.85. The van der Waals surface area contributed by atoms with Crippen molar-refractivity contribution in [2.45, 2.75) is 0 Å². The summed E-state index contributed by atoms with van der Waals surface area (Å²) in [5, 5.41) is 22.2. The zero-order valence-corrected chi connectivity index (χ0v) is 11.1. The largest absolute Gasteiger partial charge is 0.508 e. The zero-order chi connectivity index (χ0) is 15.6. The molecule has 1 amide bonds. The molecule has 0 aromatic heterocycles. The van der Waals surface area contributed by atoms with E-state index in [9.17, 15) is 24.4 Å². The number of hydrogen-bond acceptors (Lipinski definition) is 4. The van der Waals surface area contributed by atoms with Gasteiger partial charge in [0.15, 0.2) is 5.82 Å². The van der Waals surface area contributed by atoms with Crippen LogP contribution in [-0.2, 0) is 0 Å². The number of rotatable bonds is 3. The van der Waals surface area contributed by atoms with Crippen molar-refractivity contribution in [3.05, 3.63) is 62.9 Å². The maximum Gasteiger partial charge on any atom is 0.272 e. The number of amides is 1. The number of hydrogen-bond donors (Lipinski definition) is 2. The highest BCUT2D eigenvalue weighted by Crippen LogP contribution is 2.23. The topological polar surface area (TPSA) is 92.5 Å². The minimum atomic E-state index is -0.941. The second-order valence-electron chi connectivity index (χ2n) is 4.07. The molecule has 108 valence electrons. The summed E-state index contributed by atoms with van der Waals surface area (Å²) in [6, 6.07) is 6.53. The number of nitrogens with one attached hydrogen (secondary N) is 1. The van der Waals surface area contributed by atoms with Gasteiger partial charge in [-0.1, -0.05) is 11.6 Å². The van der Waals surface area contributed by atoms with Crippen LogP contribution in [0.1, 0.15) is 10.4 Å². The fraction of sp³-hybridized carbons (Fsp3) is 0. The quantitative estimate of drug-likeness (QED) is 0.671. The number of phenols is 1. The summed E-state index contributed by atoms with van der Waals surface area (Å²) < 4.78 is 13.7. The van der Waals surface area contributed by atoms with Crippen molar-refractivity contribution < 1.29 is 19.2 Å². The lowest BCUT2D eigenvalue weighted by molar-refractivity contribution is -0.385. The van der Waals surface area contributed by atoms with Gasteiger partial charge in [-0.2, -0.15) is 0 Å². The van der Waals surface area contributed by atoms with Crippen molar-refractivity contribution >= 4 is 28.9 Å². The molecule has 0 aliphatic carbocycles. The standard InChI is InChI=1S/C13H8ClFN2O4/c14-8-3-7(4-10(18)5-8)13(19)16-12-2-1-9(17(20)21)6-11(12)15/h1-6,18H,(H,16,19). The molecule has 0 aliphatic heterocycles. The van der Waals surface area contributed by atoms with Crippen LogP contribution in [0.3, 0.4) is 0 Å². The molecular formula is C13H8ClFN2O4. The number of halogens is 2. The Bertz CT molecular complexity index is 716. The number of nitrogens with zero attached hydrogens (tertiary/aromatic N) is 1. The highest BCUT2D eigenvalue weighted by molar-refractivity contribution is 6.31. The Labute approximate surface area is 122 Å². The number of aromatic hydroxyl groups is 1. The summed E-state index contributed by atoms with van der Waals surface area (Å²) in [6.45, 7) is 0. The molecule has 8 heteroatoms. The van der Waals surface area contributed by atoms with E-state index in [4.69, 9.17) is 11.6 Å². The van der Waals surface area contributed by atoms with Crippen LogP contribution in [0, 0.1) is 15.9 Å². The van der Waals surface area contributed by atoms with Crippen molar-refractivity contribution in [3.63, 3.8) is 0 Å². The van der Waals surface area contributed by atoms with E-state index in [1.54, 1.807) is 0 Å². The molecule has 2 N–H and O–H groups in total. The number of phenolic OH excluding ortho intramolecular Hbond substituents is 1. The number of carbonyl (C=O) groups excluding carboxylic acids is 1. The van der Waals surface area contributed by atoms with Gasteiger partial charge in [0.05, 0.1) is 16.7 Å². The van der Waals surface area contributed by atoms with Crippen LogP contribution < -0.4 is 5.32 Å². The first-order valence-electron chi connectivity index (χ1n) is 5.61. The van der Waals surface area contributed by atoms with Crippen LogP contribution in [0.5, 0.6) is 5.75 Å². The monoisotopic (exact) mass is 310 g/mol. The Morgan fingerprint density at radius 1 is 1.29 bits per heavy atom. The molecule has 0 aliphatic rings.